The first-order valence-corrected chi connectivity index (χ1v) is 6.92. The lowest BCUT2D eigenvalue weighted by atomic mass is 9.90. The average Bonchev–Trinajstić information content (AvgIpc) is 2.49. The molecule has 0 atom stereocenters. The van der Waals surface area contributed by atoms with Gasteiger partial charge in [0.05, 0.1) is 17.3 Å². The van der Waals surface area contributed by atoms with Gasteiger partial charge in [0.1, 0.15) is 17.7 Å². The molecule has 5 nitrogen and oxygen atoms in total. The lowest BCUT2D eigenvalue weighted by Gasteiger charge is -2.35. The monoisotopic (exact) mass is 293 g/mol. The van der Waals surface area contributed by atoms with E-state index < -0.39 is 5.60 Å². The highest BCUT2D eigenvalue weighted by atomic mass is 16.5. The second-order valence-corrected chi connectivity index (χ2v) is 5.70. The second kappa shape index (κ2) is 4.85. The van der Waals surface area contributed by atoms with Crippen LogP contribution in [0.15, 0.2) is 47.2 Å². The van der Waals surface area contributed by atoms with Crippen LogP contribution >= 0.6 is 0 Å². The van der Waals surface area contributed by atoms with Crippen LogP contribution in [0.2, 0.25) is 0 Å². The Labute approximate surface area is 128 Å². The van der Waals surface area contributed by atoms with E-state index in [1.54, 1.807) is 18.2 Å². The predicted molar refractivity (Wildman–Crippen MR) is 82.4 cm³/mol. The maximum absolute atomic E-state index is 12.2. The minimum absolute atomic E-state index is 0.171. The summed E-state index contributed by atoms with van der Waals surface area (Å²) in [4.78, 5) is 16.3. The van der Waals surface area contributed by atoms with Gasteiger partial charge < -0.3 is 4.74 Å². The van der Waals surface area contributed by atoms with E-state index in [0.717, 1.165) is 16.8 Å². The summed E-state index contributed by atoms with van der Waals surface area (Å²) in [5.41, 5.74) is 2.16. The van der Waals surface area contributed by atoms with Crippen LogP contribution in [0.3, 0.4) is 0 Å². The second-order valence-electron chi connectivity index (χ2n) is 5.70. The van der Waals surface area contributed by atoms with Gasteiger partial charge in [-0.3, -0.25) is 9.36 Å². The first-order valence-electron chi connectivity index (χ1n) is 6.92. The lowest BCUT2D eigenvalue weighted by Crippen LogP contribution is -2.36. The molecule has 22 heavy (non-hydrogen) atoms. The fourth-order valence-corrected chi connectivity index (χ4v) is 2.54. The van der Waals surface area contributed by atoms with Crippen LogP contribution in [-0.4, -0.2) is 15.2 Å². The molecule has 1 aliphatic heterocycles. The van der Waals surface area contributed by atoms with Gasteiger partial charge in [0.2, 0.25) is 0 Å². The average molecular weight is 293 g/mol. The summed E-state index contributed by atoms with van der Waals surface area (Å²) in [6.07, 6.45) is 2.96. The van der Waals surface area contributed by atoms with Crippen molar-refractivity contribution in [3.05, 3.63) is 63.8 Å². The van der Waals surface area contributed by atoms with Gasteiger partial charge in [-0.15, -0.1) is 0 Å². The van der Waals surface area contributed by atoms with Crippen molar-refractivity contribution in [3.63, 3.8) is 0 Å². The van der Waals surface area contributed by atoms with Crippen LogP contribution in [0.5, 0.6) is 5.75 Å². The van der Waals surface area contributed by atoms with E-state index in [2.05, 4.69) is 11.1 Å². The molecule has 1 aromatic carbocycles. The molecule has 0 unspecified atom stereocenters. The number of nitrogens with zero attached hydrogens (tertiary/aromatic N) is 3. The van der Waals surface area contributed by atoms with Crippen LogP contribution < -0.4 is 10.3 Å². The SMILES string of the molecule is CC1=C(n2cnccc2=O)c2cc(C#N)ccc2OC1(C)C. The number of aromatic nitrogens is 2. The first-order chi connectivity index (χ1) is 10.4. The van der Waals surface area contributed by atoms with Gasteiger partial charge in [-0.2, -0.15) is 5.26 Å². The van der Waals surface area contributed by atoms with Gasteiger partial charge >= 0.3 is 0 Å². The Morgan fingerprint density at radius 1 is 1.32 bits per heavy atom. The fourth-order valence-electron chi connectivity index (χ4n) is 2.54. The van der Waals surface area contributed by atoms with Crippen LogP contribution in [0.25, 0.3) is 5.70 Å². The van der Waals surface area contributed by atoms with Crippen molar-refractivity contribution in [3.8, 4) is 11.8 Å². The molecule has 3 rings (SSSR count). The molecule has 0 radical (unpaired) electrons. The van der Waals surface area contributed by atoms with Crippen LogP contribution in [0, 0.1) is 11.3 Å². The number of rotatable bonds is 1. The van der Waals surface area contributed by atoms with Crippen molar-refractivity contribution in [1.29, 1.82) is 5.26 Å². The fraction of sp³-hybridized carbons (Fsp3) is 0.235. The van der Waals surface area contributed by atoms with Crippen molar-refractivity contribution in [2.45, 2.75) is 26.4 Å². The Kier molecular flexibility index (Phi) is 3.10. The summed E-state index contributed by atoms with van der Waals surface area (Å²) in [6, 6.07) is 8.75. The van der Waals surface area contributed by atoms with E-state index in [1.165, 1.54) is 23.2 Å². The number of hydrogen-bond donors (Lipinski definition) is 0. The quantitative estimate of drug-likeness (QED) is 0.810. The predicted octanol–water partition coefficient (Wildman–Crippen LogP) is 2.57. The molecule has 0 spiro atoms. The van der Waals surface area contributed by atoms with E-state index in [4.69, 9.17) is 10.00 Å². The maximum atomic E-state index is 12.2. The smallest absolute Gasteiger partial charge is 0.257 e. The van der Waals surface area contributed by atoms with Gasteiger partial charge in [-0.1, -0.05) is 0 Å². The molecular formula is C17H15N3O2. The third kappa shape index (κ3) is 2.09. The minimum atomic E-state index is -0.550. The first kappa shape index (κ1) is 14.1. The number of benzene rings is 1. The Balaban J connectivity index is 2.37. The number of hydrogen-bond acceptors (Lipinski definition) is 4. The van der Waals surface area contributed by atoms with E-state index in [-0.39, 0.29) is 5.56 Å². The van der Waals surface area contributed by atoms with Crippen molar-refractivity contribution in [2.75, 3.05) is 0 Å². The molecule has 0 N–H and O–H groups in total. The molecular weight excluding hydrogens is 278 g/mol. The zero-order valence-electron chi connectivity index (χ0n) is 12.6. The zero-order valence-corrected chi connectivity index (χ0v) is 12.6. The van der Waals surface area contributed by atoms with E-state index in [9.17, 15) is 4.79 Å². The van der Waals surface area contributed by atoms with Gasteiger partial charge in [0, 0.05) is 17.8 Å². The van der Waals surface area contributed by atoms with Gasteiger partial charge in [0.25, 0.3) is 5.56 Å². The third-order valence-electron chi connectivity index (χ3n) is 3.95. The van der Waals surface area contributed by atoms with Gasteiger partial charge in [0.15, 0.2) is 0 Å². The number of ether oxygens (including phenoxy) is 1. The summed E-state index contributed by atoms with van der Waals surface area (Å²) in [7, 11) is 0. The van der Waals surface area contributed by atoms with E-state index in [0.29, 0.717) is 11.3 Å². The summed E-state index contributed by atoms with van der Waals surface area (Å²) >= 11 is 0. The molecule has 1 aromatic heterocycles. The maximum Gasteiger partial charge on any atom is 0.257 e. The highest BCUT2D eigenvalue weighted by Crippen LogP contribution is 2.41. The Bertz CT molecular complexity index is 885. The normalized spacial score (nSPS) is 15.7. The molecule has 0 saturated carbocycles. The van der Waals surface area contributed by atoms with Crippen molar-refractivity contribution >= 4 is 5.70 Å². The summed E-state index contributed by atoms with van der Waals surface area (Å²) in [6.45, 7) is 5.83. The lowest BCUT2D eigenvalue weighted by molar-refractivity contribution is 0.143. The third-order valence-corrected chi connectivity index (χ3v) is 3.95. The highest BCUT2D eigenvalue weighted by Gasteiger charge is 2.33. The summed E-state index contributed by atoms with van der Waals surface area (Å²) in [5.74, 6) is 0.653. The molecule has 0 bridgehead atoms. The topological polar surface area (TPSA) is 67.9 Å². The molecule has 0 saturated heterocycles. The van der Waals surface area contributed by atoms with Crippen molar-refractivity contribution < 1.29 is 4.74 Å². The van der Waals surface area contributed by atoms with Gasteiger partial charge in [-0.25, -0.2) is 4.98 Å². The summed E-state index contributed by atoms with van der Waals surface area (Å²) in [5, 5.41) is 9.13. The Hall–Kier alpha value is -2.87. The number of nitriles is 1. The Morgan fingerprint density at radius 3 is 2.77 bits per heavy atom. The Morgan fingerprint density at radius 2 is 2.09 bits per heavy atom. The van der Waals surface area contributed by atoms with Crippen molar-refractivity contribution in [2.24, 2.45) is 0 Å². The molecule has 0 aliphatic carbocycles. The molecule has 1 aliphatic rings. The van der Waals surface area contributed by atoms with E-state index in [1.807, 2.05) is 20.8 Å². The van der Waals surface area contributed by atoms with Crippen molar-refractivity contribution in [1.82, 2.24) is 9.55 Å². The molecule has 110 valence electrons. The van der Waals surface area contributed by atoms with E-state index >= 15 is 0 Å². The van der Waals surface area contributed by atoms with Gasteiger partial charge in [-0.05, 0) is 44.5 Å². The molecule has 2 aromatic rings. The van der Waals surface area contributed by atoms with Crippen LogP contribution in [-0.2, 0) is 0 Å². The highest BCUT2D eigenvalue weighted by molar-refractivity contribution is 5.77. The molecule has 0 amide bonds. The van der Waals surface area contributed by atoms with Crippen LogP contribution in [0.1, 0.15) is 31.9 Å². The summed E-state index contributed by atoms with van der Waals surface area (Å²) < 4.78 is 7.52. The zero-order chi connectivity index (χ0) is 15.9. The molecule has 0 fully saturated rings. The van der Waals surface area contributed by atoms with Crippen LogP contribution in [0.4, 0.5) is 0 Å². The number of fused-ring (bicyclic) bond motifs is 1. The molecule has 2 heterocycles. The largest absolute Gasteiger partial charge is 0.483 e. The molecule has 5 heteroatoms. The minimum Gasteiger partial charge on any atom is -0.483 e. The standard InChI is InChI=1S/C17H15N3O2/c1-11-16(20-10-19-7-6-15(20)21)13-8-12(9-18)4-5-14(13)22-17(11,2)3/h4-8,10H,1-3H3.